The van der Waals surface area contributed by atoms with E-state index in [1.165, 1.54) is 17.3 Å². The van der Waals surface area contributed by atoms with Crippen molar-refractivity contribution in [2.45, 2.75) is 36.5 Å². The monoisotopic (exact) mass is 548 g/mol. The van der Waals surface area contributed by atoms with E-state index in [9.17, 15) is 18.3 Å². The van der Waals surface area contributed by atoms with Gasteiger partial charge in [-0.3, -0.25) is 4.79 Å². The number of hydrogen-bond acceptors (Lipinski definition) is 6. The summed E-state index contributed by atoms with van der Waals surface area (Å²) >= 11 is 1.52. The van der Waals surface area contributed by atoms with Crippen LogP contribution < -0.4 is 10.0 Å². The molecule has 1 amide bonds. The van der Waals surface area contributed by atoms with Crippen molar-refractivity contribution in [3.8, 4) is 11.1 Å². The molecule has 1 atom stereocenters. The molecule has 3 aromatic rings. The van der Waals surface area contributed by atoms with Crippen LogP contribution in [0.15, 0.2) is 77.7 Å². The fourth-order valence-corrected chi connectivity index (χ4v) is 5.03. The van der Waals surface area contributed by atoms with Crippen molar-refractivity contribution in [2.75, 3.05) is 19.3 Å². The molecule has 0 aliphatic heterocycles. The zero-order valence-electron chi connectivity index (χ0n) is 20.6. The second-order valence-corrected chi connectivity index (χ2v) is 12.0. The maximum atomic E-state index is 12.5. The van der Waals surface area contributed by atoms with Crippen LogP contribution >= 0.6 is 24.2 Å². The zero-order chi connectivity index (χ0) is 25.4. The third-order valence-electron chi connectivity index (χ3n) is 5.27. The molecule has 194 valence electrons. The second kappa shape index (κ2) is 13.8. The highest BCUT2D eigenvalue weighted by Crippen LogP contribution is 2.32. The van der Waals surface area contributed by atoms with E-state index in [1.54, 1.807) is 6.07 Å². The number of benzene rings is 3. The molecular formula is C27H33ClN2O4S2. The van der Waals surface area contributed by atoms with Gasteiger partial charge in [0.25, 0.3) is 5.91 Å². The van der Waals surface area contributed by atoms with E-state index in [0.29, 0.717) is 12.1 Å². The molecule has 0 radical (unpaired) electrons. The van der Waals surface area contributed by atoms with Gasteiger partial charge in [0.05, 0.1) is 17.9 Å². The molecule has 0 fully saturated rings. The molecule has 0 saturated carbocycles. The van der Waals surface area contributed by atoms with Gasteiger partial charge < -0.3 is 10.4 Å². The van der Waals surface area contributed by atoms with E-state index in [4.69, 9.17) is 0 Å². The van der Waals surface area contributed by atoms with Crippen LogP contribution in [0.25, 0.3) is 11.1 Å². The lowest BCUT2D eigenvalue weighted by Gasteiger charge is -2.14. The van der Waals surface area contributed by atoms with Crippen molar-refractivity contribution < 1.29 is 18.3 Å². The van der Waals surface area contributed by atoms with E-state index in [2.05, 4.69) is 22.2 Å². The maximum absolute atomic E-state index is 12.5. The van der Waals surface area contributed by atoms with Crippen LogP contribution in [0.3, 0.4) is 0 Å². The molecule has 3 aromatic carbocycles. The van der Waals surface area contributed by atoms with Gasteiger partial charge in [-0.2, -0.15) is 0 Å². The minimum absolute atomic E-state index is 0. The SMILES string of the molecule is CC(C)Sc1cc(-c2ccc(CCNC[C@@H](O)c3ccccc3)cc2)ccc1C(=O)NS(C)(=O)=O.Cl. The fourth-order valence-electron chi connectivity index (χ4n) is 3.59. The van der Waals surface area contributed by atoms with Gasteiger partial charge in [0.2, 0.25) is 10.0 Å². The van der Waals surface area contributed by atoms with Crippen molar-refractivity contribution >= 4 is 40.1 Å². The Hall–Kier alpha value is -2.36. The zero-order valence-corrected chi connectivity index (χ0v) is 23.1. The van der Waals surface area contributed by atoms with E-state index >= 15 is 0 Å². The molecule has 3 N–H and O–H groups in total. The van der Waals surface area contributed by atoms with E-state index in [1.807, 2.05) is 68.4 Å². The summed E-state index contributed by atoms with van der Waals surface area (Å²) in [6, 6.07) is 23.3. The Morgan fingerprint density at radius 2 is 1.61 bits per heavy atom. The Kier molecular flexibility index (Phi) is 11.5. The summed E-state index contributed by atoms with van der Waals surface area (Å²) in [5, 5.41) is 13.8. The first kappa shape index (κ1) is 29.9. The number of sulfonamides is 1. The molecule has 0 aliphatic rings. The first-order chi connectivity index (χ1) is 16.6. The maximum Gasteiger partial charge on any atom is 0.265 e. The number of amides is 1. The third kappa shape index (κ3) is 9.26. The molecule has 36 heavy (non-hydrogen) atoms. The van der Waals surface area contributed by atoms with Crippen LogP contribution in [0.5, 0.6) is 0 Å². The number of aliphatic hydroxyl groups is 1. The highest BCUT2D eigenvalue weighted by molar-refractivity contribution is 8.00. The molecule has 9 heteroatoms. The lowest BCUT2D eigenvalue weighted by atomic mass is 10.0. The fraction of sp³-hybridized carbons (Fsp3) is 0.296. The molecule has 0 heterocycles. The van der Waals surface area contributed by atoms with Gasteiger partial charge in [-0.1, -0.05) is 74.5 Å². The number of thioether (sulfide) groups is 1. The summed E-state index contributed by atoms with van der Waals surface area (Å²) in [5.41, 5.74) is 4.40. The summed E-state index contributed by atoms with van der Waals surface area (Å²) in [6.07, 6.45) is 1.27. The van der Waals surface area contributed by atoms with Gasteiger partial charge in [-0.25, -0.2) is 13.1 Å². The third-order valence-corrected chi connectivity index (χ3v) is 6.89. The minimum atomic E-state index is -3.64. The Morgan fingerprint density at radius 3 is 2.22 bits per heavy atom. The van der Waals surface area contributed by atoms with Gasteiger partial charge in [-0.15, -0.1) is 24.2 Å². The van der Waals surface area contributed by atoms with Gasteiger partial charge in [0.15, 0.2) is 0 Å². The first-order valence-corrected chi connectivity index (χ1v) is 14.3. The molecule has 3 rings (SSSR count). The molecule has 0 aromatic heterocycles. The Bertz CT molecular complexity index is 1230. The molecule has 0 unspecified atom stereocenters. The number of halogens is 1. The Morgan fingerprint density at radius 1 is 0.972 bits per heavy atom. The lowest BCUT2D eigenvalue weighted by molar-refractivity contribution is 0.0979. The lowest BCUT2D eigenvalue weighted by Crippen LogP contribution is -2.29. The van der Waals surface area contributed by atoms with Gasteiger partial charge in [-0.05, 0) is 47.4 Å². The number of carbonyl (C=O) groups excluding carboxylic acids is 1. The number of rotatable bonds is 11. The molecule has 0 saturated heterocycles. The standard InChI is InChI=1S/C27H32N2O4S2.ClH/c1-19(2)34-26-17-23(13-14-24(26)27(31)29-35(3,32)33)21-11-9-20(10-12-21)15-16-28-18-25(30)22-7-5-4-6-8-22;/h4-14,17,19,25,28,30H,15-16,18H2,1-3H3,(H,29,31);1H/t25-;/m1./s1. The molecule has 0 bridgehead atoms. The van der Waals surface area contributed by atoms with Crippen molar-refractivity contribution in [2.24, 2.45) is 0 Å². The van der Waals surface area contributed by atoms with Crippen molar-refractivity contribution in [3.05, 3.63) is 89.5 Å². The smallest absolute Gasteiger partial charge is 0.265 e. The van der Waals surface area contributed by atoms with Crippen molar-refractivity contribution in [1.82, 2.24) is 10.0 Å². The van der Waals surface area contributed by atoms with Crippen LogP contribution in [0, 0.1) is 0 Å². The van der Waals surface area contributed by atoms with E-state index < -0.39 is 22.0 Å². The number of nitrogens with one attached hydrogen (secondary N) is 2. The number of carbonyl (C=O) groups is 1. The van der Waals surface area contributed by atoms with Crippen LogP contribution in [-0.2, 0) is 16.4 Å². The largest absolute Gasteiger partial charge is 0.387 e. The predicted octanol–water partition coefficient (Wildman–Crippen LogP) is 4.83. The van der Waals surface area contributed by atoms with Crippen LogP contribution in [-0.4, -0.2) is 44.0 Å². The summed E-state index contributed by atoms with van der Waals surface area (Å²) in [5.74, 6) is -0.623. The predicted molar refractivity (Wildman–Crippen MR) is 150 cm³/mol. The summed E-state index contributed by atoms with van der Waals surface area (Å²) in [6.45, 7) is 5.30. The number of aliphatic hydroxyl groups excluding tert-OH is 1. The Balaban J connectivity index is 0.00000456. The molecule has 0 spiro atoms. The summed E-state index contributed by atoms with van der Waals surface area (Å²) in [7, 11) is -3.64. The first-order valence-electron chi connectivity index (χ1n) is 11.5. The number of hydrogen-bond donors (Lipinski definition) is 3. The highest BCUT2D eigenvalue weighted by atomic mass is 35.5. The Labute approximate surface area is 224 Å². The van der Waals surface area contributed by atoms with E-state index in [-0.39, 0.29) is 17.7 Å². The van der Waals surface area contributed by atoms with Crippen molar-refractivity contribution in [1.29, 1.82) is 0 Å². The molecular weight excluding hydrogens is 516 g/mol. The average Bonchev–Trinajstić information content (AvgIpc) is 2.81. The van der Waals surface area contributed by atoms with Crippen LogP contribution in [0.4, 0.5) is 0 Å². The van der Waals surface area contributed by atoms with Crippen LogP contribution in [0.1, 0.15) is 41.4 Å². The molecule has 6 nitrogen and oxygen atoms in total. The van der Waals surface area contributed by atoms with Crippen molar-refractivity contribution in [3.63, 3.8) is 0 Å². The average molecular weight is 549 g/mol. The van der Waals surface area contributed by atoms with E-state index in [0.717, 1.165) is 40.8 Å². The highest BCUT2D eigenvalue weighted by Gasteiger charge is 2.17. The van der Waals surface area contributed by atoms with Gasteiger partial charge >= 0.3 is 0 Å². The summed E-state index contributed by atoms with van der Waals surface area (Å²) in [4.78, 5) is 13.2. The van der Waals surface area contributed by atoms with Crippen LogP contribution in [0.2, 0.25) is 0 Å². The minimum Gasteiger partial charge on any atom is -0.387 e. The topological polar surface area (TPSA) is 95.5 Å². The van der Waals surface area contributed by atoms with Gasteiger partial charge in [0, 0.05) is 16.7 Å². The normalized spacial score (nSPS) is 12.1. The van der Waals surface area contributed by atoms with Gasteiger partial charge in [0.1, 0.15) is 0 Å². The quantitative estimate of drug-likeness (QED) is 0.235. The molecule has 0 aliphatic carbocycles. The summed E-state index contributed by atoms with van der Waals surface area (Å²) < 4.78 is 25.1. The second-order valence-electron chi connectivity index (χ2n) is 8.66.